The van der Waals surface area contributed by atoms with Crippen LogP contribution < -0.4 is 5.32 Å². The highest BCUT2D eigenvalue weighted by Gasteiger charge is 2.15. The molecule has 0 aliphatic carbocycles. The average molecular weight is 327 g/mol. The van der Waals surface area contributed by atoms with Gasteiger partial charge in [0.1, 0.15) is 5.69 Å². The predicted octanol–water partition coefficient (Wildman–Crippen LogP) is 4.34. The fraction of sp³-hybridized carbons (Fsp3) is 0. The number of halogens is 2. The normalized spacial score (nSPS) is 10.2. The number of carbonyl (C=O) groups is 1. The molecule has 108 valence electrons. The second kappa shape index (κ2) is 5.99. The van der Waals surface area contributed by atoms with Crippen molar-refractivity contribution in [2.45, 2.75) is 0 Å². The fourth-order valence-electron chi connectivity index (χ4n) is 1.66. The lowest BCUT2D eigenvalue weighted by atomic mass is 10.2. The Bertz CT molecular complexity index is 734. The van der Waals surface area contributed by atoms with E-state index in [0.29, 0.717) is 10.7 Å². The minimum atomic E-state index is -1.11. The molecule has 0 aliphatic rings. The Morgan fingerprint density at radius 3 is 2.43 bits per heavy atom. The van der Waals surface area contributed by atoms with Crippen LogP contribution in [0.4, 0.5) is 17.1 Å². The smallest absolute Gasteiger partial charge is 0.335 e. The maximum Gasteiger partial charge on any atom is 0.335 e. The molecule has 0 aliphatic heterocycles. The Morgan fingerprint density at radius 1 is 1.14 bits per heavy atom. The number of nitrogens with one attached hydrogen (secondary N) is 1. The van der Waals surface area contributed by atoms with Gasteiger partial charge in [-0.15, -0.1) is 0 Å². The minimum absolute atomic E-state index is 0.0196. The molecule has 0 atom stereocenters. The number of hydrogen-bond donors (Lipinski definition) is 2. The summed E-state index contributed by atoms with van der Waals surface area (Å²) in [5, 5.41) is 23.0. The number of rotatable bonds is 4. The molecule has 2 aromatic rings. The van der Waals surface area contributed by atoms with Crippen LogP contribution in [0.2, 0.25) is 10.0 Å². The van der Waals surface area contributed by atoms with Gasteiger partial charge in [-0.1, -0.05) is 23.2 Å². The van der Waals surface area contributed by atoms with Crippen molar-refractivity contribution in [3.8, 4) is 0 Å². The standard InChI is InChI=1S/C13H8Cl2N2O4/c14-8-2-4-12(17(20)21)11(6-8)16-10-3-1-7(13(18)19)5-9(10)15/h1-6,16H,(H,18,19). The van der Waals surface area contributed by atoms with Crippen LogP contribution in [0.25, 0.3) is 0 Å². The van der Waals surface area contributed by atoms with Gasteiger partial charge in [-0.05, 0) is 30.3 Å². The van der Waals surface area contributed by atoms with Crippen LogP contribution in [0.5, 0.6) is 0 Å². The first-order chi connectivity index (χ1) is 9.88. The van der Waals surface area contributed by atoms with Crippen molar-refractivity contribution in [3.63, 3.8) is 0 Å². The van der Waals surface area contributed by atoms with Crippen LogP contribution in [0.1, 0.15) is 10.4 Å². The molecule has 2 aromatic carbocycles. The van der Waals surface area contributed by atoms with E-state index in [9.17, 15) is 14.9 Å². The number of anilines is 2. The molecule has 0 unspecified atom stereocenters. The molecule has 0 saturated carbocycles. The van der Waals surface area contributed by atoms with Gasteiger partial charge < -0.3 is 10.4 Å². The predicted molar refractivity (Wildman–Crippen MR) is 79.8 cm³/mol. The van der Waals surface area contributed by atoms with E-state index in [1.807, 2.05) is 0 Å². The van der Waals surface area contributed by atoms with Crippen molar-refractivity contribution in [3.05, 3.63) is 62.1 Å². The molecule has 0 radical (unpaired) electrons. The molecule has 0 fully saturated rings. The molecular weight excluding hydrogens is 319 g/mol. The van der Waals surface area contributed by atoms with Gasteiger partial charge in [-0.3, -0.25) is 10.1 Å². The molecule has 2 rings (SSSR count). The van der Waals surface area contributed by atoms with E-state index in [1.165, 1.54) is 36.4 Å². The number of carboxylic acids is 1. The van der Waals surface area contributed by atoms with Crippen molar-refractivity contribution in [2.75, 3.05) is 5.32 Å². The molecule has 0 spiro atoms. The van der Waals surface area contributed by atoms with Gasteiger partial charge >= 0.3 is 5.97 Å². The highest BCUT2D eigenvalue weighted by atomic mass is 35.5. The van der Waals surface area contributed by atoms with Gasteiger partial charge in [-0.2, -0.15) is 0 Å². The van der Waals surface area contributed by atoms with E-state index in [0.717, 1.165) is 0 Å². The number of nitrogens with zero attached hydrogens (tertiary/aromatic N) is 1. The first-order valence-corrected chi connectivity index (χ1v) is 6.38. The Hall–Kier alpha value is -2.31. The molecule has 0 aromatic heterocycles. The monoisotopic (exact) mass is 326 g/mol. The lowest BCUT2D eigenvalue weighted by Crippen LogP contribution is -2.00. The van der Waals surface area contributed by atoms with Crippen molar-refractivity contribution >= 4 is 46.2 Å². The number of nitro benzene ring substituents is 1. The van der Waals surface area contributed by atoms with Crippen molar-refractivity contribution < 1.29 is 14.8 Å². The maximum atomic E-state index is 11.0. The van der Waals surface area contributed by atoms with E-state index in [-0.39, 0.29) is 22.0 Å². The molecule has 2 N–H and O–H groups in total. The number of carboxylic acid groups (broad SMARTS) is 1. The lowest BCUT2D eigenvalue weighted by molar-refractivity contribution is -0.383. The second-order valence-corrected chi connectivity index (χ2v) is 4.89. The van der Waals surface area contributed by atoms with Gasteiger partial charge in [0.05, 0.1) is 21.2 Å². The third-order valence-electron chi connectivity index (χ3n) is 2.64. The van der Waals surface area contributed by atoms with Crippen LogP contribution in [0.15, 0.2) is 36.4 Å². The van der Waals surface area contributed by atoms with Crippen LogP contribution >= 0.6 is 23.2 Å². The summed E-state index contributed by atoms with van der Waals surface area (Å²) in [5.41, 5.74) is 0.355. The van der Waals surface area contributed by atoms with E-state index < -0.39 is 10.9 Å². The lowest BCUT2D eigenvalue weighted by Gasteiger charge is -2.10. The molecule has 0 bridgehead atoms. The van der Waals surface area contributed by atoms with Gasteiger partial charge in [0, 0.05) is 11.1 Å². The third-order valence-corrected chi connectivity index (χ3v) is 3.19. The van der Waals surface area contributed by atoms with Crippen molar-refractivity contribution in [1.29, 1.82) is 0 Å². The Labute approximate surface area is 129 Å². The van der Waals surface area contributed by atoms with Crippen LogP contribution in [0.3, 0.4) is 0 Å². The Balaban J connectivity index is 2.40. The summed E-state index contributed by atoms with van der Waals surface area (Å²) >= 11 is 11.8. The summed E-state index contributed by atoms with van der Waals surface area (Å²) in [7, 11) is 0. The van der Waals surface area contributed by atoms with Gasteiger partial charge in [0.25, 0.3) is 5.69 Å². The summed E-state index contributed by atoms with van der Waals surface area (Å²) < 4.78 is 0. The Morgan fingerprint density at radius 2 is 1.86 bits per heavy atom. The van der Waals surface area contributed by atoms with Gasteiger partial charge in [0.15, 0.2) is 0 Å². The maximum absolute atomic E-state index is 11.0. The summed E-state index contributed by atoms with van der Waals surface area (Å²) in [4.78, 5) is 21.2. The number of nitro groups is 1. The molecule has 21 heavy (non-hydrogen) atoms. The zero-order valence-corrected chi connectivity index (χ0v) is 11.9. The van der Waals surface area contributed by atoms with E-state index >= 15 is 0 Å². The molecule has 6 nitrogen and oxygen atoms in total. The summed E-state index contributed by atoms with van der Waals surface area (Å²) in [5.74, 6) is -1.11. The van der Waals surface area contributed by atoms with Gasteiger partial charge in [0.2, 0.25) is 0 Å². The molecule has 0 heterocycles. The van der Waals surface area contributed by atoms with E-state index in [2.05, 4.69) is 5.32 Å². The summed E-state index contributed by atoms with van der Waals surface area (Å²) in [6, 6.07) is 8.08. The first-order valence-electron chi connectivity index (χ1n) is 5.62. The second-order valence-electron chi connectivity index (χ2n) is 4.04. The summed E-state index contributed by atoms with van der Waals surface area (Å²) in [6.45, 7) is 0. The quantitative estimate of drug-likeness (QED) is 0.643. The van der Waals surface area contributed by atoms with Crippen molar-refractivity contribution in [1.82, 2.24) is 0 Å². The minimum Gasteiger partial charge on any atom is -0.478 e. The zero-order valence-electron chi connectivity index (χ0n) is 10.3. The molecule has 8 heteroatoms. The average Bonchev–Trinajstić information content (AvgIpc) is 2.40. The molecule has 0 amide bonds. The van der Waals surface area contributed by atoms with Crippen LogP contribution in [-0.4, -0.2) is 16.0 Å². The fourth-order valence-corrected chi connectivity index (χ4v) is 2.06. The Kier molecular flexibility index (Phi) is 4.30. The zero-order chi connectivity index (χ0) is 15.6. The summed E-state index contributed by atoms with van der Waals surface area (Å²) in [6.07, 6.45) is 0. The molecule has 0 saturated heterocycles. The topological polar surface area (TPSA) is 92.5 Å². The highest BCUT2D eigenvalue weighted by Crippen LogP contribution is 2.33. The van der Waals surface area contributed by atoms with E-state index in [1.54, 1.807) is 0 Å². The van der Waals surface area contributed by atoms with Crippen LogP contribution in [-0.2, 0) is 0 Å². The number of aromatic carboxylic acids is 1. The number of hydrogen-bond acceptors (Lipinski definition) is 4. The largest absolute Gasteiger partial charge is 0.478 e. The van der Waals surface area contributed by atoms with Crippen LogP contribution in [0, 0.1) is 10.1 Å². The van der Waals surface area contributed by atoms with Crippen molar-refractivity contribution in [2.24, 2.45) is 0 Å². The first kappa shape index (κ1) is 15.1. The highest BCUT2D eigenvalue weighted by molar-refractivity contribution is 6.34. The van der Waals surface area contributed by atoms with E-state index in [4.69, 9.17) is 28.3 Å². The third kappa shape index (κ3) is 3.42. The van der Waals surface area contributed by atoms with Gasteiger partial charge in [-0.25, -0.2) is 4.79 Å². The molecular formula is C13H8Cl2N2O4. The SMILES string of the molecule is O=C(O)c1ccc(Nc2cc(Cl)ccc2[N+](=O)[O-])c(Cl)c1. The number of benzene rings is 2.